The van der Waals surface area contributed by atoms with Gasteiger partial charge in [0.25, 0.3) is 0 Å². The fraction of sp³-hybridized carbons (Fsp3) is 1.00. The summed E-state index contributed by atoms with van der Waals surface area (Å²) >= 11 is 0. The van der Waals surface area contributed by atoms with Crippen molar-refractivity contribution < 1.29 is 0 Å². The summed E-state index contributed by atoms with van der Waals surface area (Å²) in [5.41, 5.74) is 0.703. The molecule has 2 rings (SSSR count). The average Bonchev–Trinajstić information content (AvgIpc) is 2.03. The molecule has 10 heavy (non-hydrogen) atoms. The van der Waals surface area contributed by atoms with Crippen molar-refractivity contribution in [1.29, 1.82) is 0 Å². The van der Waals surface area contributed by atoms with Crippen LogP contribution < -0.4 is 0 Å². The van der Waals surface area contributed by atoms with Gasteiger partial charge in [0.15, 0.2) is 0 Å². The average molecular weight is 139 g/mol. The van der Waals surface area contributed by atoms with Gasteiger partial charge in [-0.25, -0.2) is 0 Å². The van der Waals surface area contributed by atoms with Crippen LogP contribution in [0, 0.1) is 17.3 Å². The predicted molar refractivity (Wildman–Crippen MR) is 42.9 cm³/mol. The zero-order valence-electron chi connectivity index (χ0n) is 7.22. The molecule has 0 spiro atoms. The van der Waals surface area contributed by atoms with Crippen LogP contribution in [0.5, 0.6) is 0 Å². The number of rotatable bonds is 0. The van der Waals surface area contributed by atoms with E-state index in [1.807, 2.05) is 0 Å². The first-order valence-electron chi connectivity index (χ1n) is 4.30. The van der Waals surface area contributed by atoms with Crippen LogP contribution in [0.25, 0.3) is 0 Å². The molecular formula is C9H17N. The Balaban J connectivity index is 2.12. The van der Waals surface area contributed by atoms with Gasteiger partial charge in [0.05, 0.1) is 0 Å². The summed E-state index contributed by atoms with van der Waals surface area (Å²) in [6, 6.07) is 0. The molecule has 1 saturated heterocycles. The van der Waals surface area contributed by atoms with Crippen LogP contribution in [0.15, 0.2) is 0 Å². The van der Waals surface area contributed by atoms with E-state index in [1.54, 1.807) is 0 Å². The Morgan fingerprint density at radius 3 is 2.60 bits per heavy atom. The third-order valence-corrected chi connectivity index (χ3v) is 3.51. The standard InChI is InChI=1S/C9H17N/c1-7-4-9(2)6-10(3)5-8(7)9/h7-8H,4-6H2,1-3H3/t7-,8-,9-/m1/s1. The molecule has 2 aliphatic rings. The van der Waals surface area contributed by atoms with Gasteiger partial charge in [-0.15, -0.1) is 0 Å². The van der Waals surface area contributed by atoms with Crippen LogP contribution in [-0.2, 0) is 0 Å². The highest BCUT2D eigenvalue weighted by Crippen LogP contribution is 2.54. The van der Waals surface area contributed by atoms with E-state index >= 15 is 0 Å². The summed E-state index contributed by atoms with van der Waals surface area (Å²) in [5, 5.41) is 0. The van der Waals surface area contributed by atoms with Gasteiger partial charge in [0.2, 0.25) is 0 Å². The molecule has 1 nitrogen and oxygen atoms in total. The molecule has 0 aromatic heterocycles. The van der Waals surface area contributed by atoms with Crippen molar-refractivity contribution in [3.63, 3.8) is 0 Å². The van der Waals surface area contributed by atoms with Gasteiger partial charge in [-0.1, -0.05) is 13.8 Å². The van der Waals surface area contributed by atoms with Gasteiger partial charge < -0.3 is 4.90 Å². The number of nitrogens with zero attached hydrogens (tertiary/aromatic N) is 1. The van der Waals surface area contributed by atoms with E-state index in [-0.39, 0.29) is 0 Å². The van der Waals surface area contributed by atoms with Crippen molar-refractivity contribution in [2.45, 2.75) is 20.3 Å². The SMILES string of the molecule is C[C@@H]1C[C@]2(C)CN(C)C[C@H]12. The molecule has 0 bridgehead atoms. The van der Waals surface area contributed by atoms with Crippen LogP contribution in [-0.4, -0.2) is 25.0 Å². The Kier molecular flexibility index (Phi) is 1.17. The van der Waals surface area contributed by atoms with Crippen LogP contribution in [0.3, 0.4) is 0 Å². The normalized spacial score (nSPS) is 54.3. The van der Waals surface area contributed by atoms with E-state index < -0.39 is 0 Å². The molecule has 1 heteroatoms. The molecule has 1 aliphatic carbocycles. The molecule has 0 radical (unpaired) electrons. The molecule has 1 aliphatic heterocycles. The van der Waals surface area contributed by atoms with E-state index in [2.05, 4.69) is 25.8 Å². The summed E-state index contributed by atoms with van der Waals surface area (Å²) in [6.07, 6.45) is 1.46. The van der Waals surface area contributed by atoms with Gasteiger partial charge in [-0.05, 0) is 30.7 Å². The maximum Gasteiger partial charge on any atom is 0.00357 e. The van der Waals surface area contributed by atoms with Gasteiger partial charge in [-0.3, -0.25) is 0 Å². The minimum Gasteiger partial charge on any atom is -0.306 e. The second kappa shape index (κ2) is 1.76. The Bertz CT molecular complexity index is 155. The third-order valence-electron chi connectivity index (χ3n) is 3.51. The molecule has 1 saturated carbocycles. The minimum atomic E-state index is 0.703. The summed E-state index contributed by atoms with van der Waals surface area (Å²) in [4.78, 5) is 2.48. The Labute approximate surface area is 63.4 Å². The Hall–Kier alpha value is -0.0400. The lowest BCUT2D eigenvalue weighted by Gasteiger charge is -2.47. The second-order valence-corrected chi connectivity index (χ2v) is 4.64. The largest absolute Gasteiger partial charge is 0.306 e. The Morgan fingerprint density at radius 2 is 2.20 bits per heavy atom. The molecular weight excluding hydrogens is 122 g/mol. The first-order chi connectivity index (χ1) is 4.62. The highest BCUT2D eigenvalue weighted by molar-refractivity contribution is 5.03. The highest BCUT2D eigenvalue weighted by Gasteiger charge is 2.52. The zero-order chi connectivity index (χ0) is 7.35. The topological polar surface area (TPSA) is 3.24 Å². The van der Waals surface area contributed by atoms with Gasteiger partial charge in [0, 0.05) is 13.1 Å². The summed E-state index contributed by atoms with van der Waals surface area (Å²) < 4.78 is 0. The van der Waals surface area contributed by atoms with E-state index in [9.17, 15) is 0 Å². The van der Waals surface area contributed by atoms with Gasteiger partial charge in [-0.2, -0.15) is 0 Å². The highest BCUT2D eigenvalue weighted by atomic mass is 15.1. The molecule has 0 amide bonds. The lowest BCUT2D eigenvalue weighted by molar-refractivity contribution is 0.0333. The molecule has 1 heterocycles. The van der Waals surface area contributed by atoms with Crippen molar-refractivity contribution in [2.75, 3.05) is 20.1 Å². The quantitative estimate of drug-likeness (QED) is 0.492. The van der Waals surface area contributed by atoms with Crippen LogP contribution >= 0.6 is 0 Å². The van der Waals surface area contributed by atoms with E-state index in [0.29, 0.717) is 5.41 Å². The molecule has 0 unspecified atom stereocenters. The molecule has 0 N–H and O–H groups in total. The lowest BCUT2D eigenvalue weighted by atomic mass is 9.57. The smallest absolute Gasteiger partial charge is 0.00357 e. The predicted octanol–water partition coefficient (Wildman–Crippen LogP) is 1.59. The summed E-state index contributed by atoms with van der Waals surface area (Å²) in [7, 11) is 2.25. The monoisotopic (exact) mass is 139 g/mol. The van der Waals surface area contributed by atoms with E-state index in [1.165, 1.54) is 19.5 Å². The van der Waals surface area contributed by atoms with Crippen LogP contribution in [0.4, 0.5) is 0 Å². The maximum atomic E-state index is 2.48. The minimum absolute atomic E-state index is 0.703. The second-order valence-electron chi connectivity index (χ2n) is 4.64. The molecule has 2 fully saturated rings. The van der Waals surface area contributed by atoms with Crippen LogP contribution in [0.1, 0.15) is 20.3 Å². The van der Waals surface area contributed by atoms with Crippen molar-refractivity contribution in [3.05, 3.63) is 0 Å². The van der Waals surface area contributed by atoms with Crippen molar-refractivity contribution >= 4 is 0 Å². The summed E-state index contributed by atoms with van der Waals surface area (Å²) in [5.74, 6) is 2.01. The van der Waals surface area contributed by atoms with Crippen LogP contribution in [0.2, 0.25) is 0 Å². The van der Waals surface area contributed by atoms with Gasteiger partial charge >= 0.3 is 0 Å². The molecule has 58 valence electrons. The van der Waals surface area contributed by atoms with Crippen molar-refractivity contribution in [2.24, 2.45) is 17.3 Å². The fourth-order valence-corrected chi connectivity index (χ4v) is 3.15. The first-order valence-corrected chi connectivity index (χ1v) is 4.30. The summed E-state index contributed by atoms with van der Waals surface area (Å²) in [6.45, 7) is 7.52. The molecule has 0 aromatic rings. The van der Waals surface area contributed by atoms with Crippen molar-refractivity contribution in [1.82, 2.24) is 4.90 Å². The lowest BCUT2D eigenvalue weighted by Crippen LogP contribution is -2.43. The van der Waals surface area contributed by atoms with Crippen molar-refractivity contribution in [3.8, 4) is 0 Å². The number of hydrogen-bond donors (Lipinski definition) is 0. The number of likely N-dealkylation sites (tertiary alicyclic amines) is 1. The van der Waals surface area contributed by atoms with E-state index in [4.69, 9.17) is 0 Å². The number of hydrogen-bond acceptors (Lipinski definition) is 1. The first kappa shape index (κ1) is 6.66. The van der Waals surface area contributed by atoms with Gasteiger partial charge in [0.1, 0.15) is 0 Å². The zero-order valence-corrected chi connectivity index (χ0v) is 7.22. The van der Waals surface area contributed by atoms with E-state index in [0.717, 1.165) is 11.8 Å². The Morgan fingerprint density at radius 1 is 1.50 bits per heavy atom. The number of fused-ring (bicyclic) bond motifs is 1. The molecule has 3 atom stereocenters. The fourth-order valence-electron chi connectivity index (χ4n) is 3.15. The third kappa shape index (κ3) is 0.672. The molecule has 0 aromatic carbocycles. The maximum absolute atomic E-state index is 2.48.